The number of non-ortho nitro benzene ring substituents is 1. The van der Waals surface area contributed by atoms with Crippen LogP contribution in [0, 0.1) is 10.1 Å². The summed E-state index contributed by atoms with van der Waals surface area (Å²) in [5.74, 6) is 0.974. The first-order chi connectivity index (χ1) is 14.7. The number of benzene rings is 3. The lowest BCUT2D eigenvalue weighted by Crippen LogP contribution is -2.20. The molecule has 0 saturated carbocycles. The molecule has 0 spiro atoms. The number of alkyl halides is 3. The normalized spacial score (nSPS) is 14.8. The predicted octanol–water partition coefficient (Wildman–Crippen LogP) is 5.81. The maximum Gasteiger partial charge on any atom is 0.416 e. The summed E-state index contributed by atoms with van der Waals surface area (Å²) < 4.78 is 50.8. The fraction of sp³-hybridized carbons (Fsp3) is 0.182. The topological polar surface area (TPSA) is 73.6 Å². The largest absolute Gasteiger partial charge is 0.497 e. The molecule has 1 atom stereocenters. The van der Waals surface area contributed by atoms with Gasteiger partial charge in [-0.3, -0.25) is 10.1 Å². The van der Waals surface area contributed by atoms with Crippen LogP contribution >= 0.6 is 0 Å². The monoisotopic (exact) mass is 430 g/mol. The molecule has 0 unspecified atom stereocenters. The van der Waals surface area contributed by atoms with E-state index in [0.717, 1.165) is 12.1 Å². The number of ether oxygens (including phenoxy) is 2. The Balaban J connectivity index is 1.94. The van der Waals surface area contributed by atoms with Crippen molar-refractivity contribution in [3.63, 3.8) is 0 Å². The Bertz CT molecular complexity index is 1160. The van der Waals surface area contributed by atoms with Crippen LogP contribution in [0.5, 0.6) is 11.5 Å². The van der Waals surface area contributed by atoms with E-state index in [9.17, 15) is 23.3 Å². The van der Waals surface area contributed by atoms with E-state index < -0.39 is 22.7 Å². The maximum atomic E-state index is 13.3. The molecule has 0 saturated heterocycles. The molecule has 1 heterocycles. The van der Waals surface area contributed by atoms with Crippen molar-refractivity contribution >= 4 is 11.4 Å². The van der Waals surface area contributed by atoms with E-state index in [1.54, 1.807) is 24.3 Å². The van der Waals surface area contributed by atoms with Gasteiger partial charge in [0, 0.05) is 35.0 Å². The second kappa shape index (κ2) is 7.50. The minimum absolute atomic E-state index is 0.0822. The van der Waals surface area contributed by atoms with E-state index in [-0.39, 0.29) is 5.69 Å². The smallest absolute Gasteiger partial charge is 0.416 e. The minimum atomic E-state index is -4.49. The maximum absolute atomic E-state index is 13.3. The molecule has 4 rings (SSSR count). The number of methoxy groups -OCH3 is 2. The van der Waals surface area contributed by atoms with Crippen molar-refractivity contribution in [2.75, 3.05) is 19.5 Å². The molecule has 0 aliphatic carbocycles. The van der Waals surface area contributed by atoms with Crippen molar-refractivity contribution in [3.8, 4) is 22.6 Å². The molecule has 160 valence electrons. The molecule has 3 aromatic carbocycles. The zero-order valence-corrected chi connectivity index (χ0v) is 16.5. The molecule has 1 aliphatic rings. The molecule has 0 fully saturated rings. The SMILES string of the molecule is COc1cc(OC)c2c(c1)-c1ccc(C(F)(F)F)cc1N[C@H]2c1ccc([N+](=O)[O-])cc1. The predicted molar refractivity (Wildman–Crippen MR) is 109 cm³/mol. The Kier molecular flexibility index (Phi) is 4.96. The van der Waals surface area contributed by atoms with E-state index in [1.807, 2.05) is 0 Å². The first kappa shape index (κ1) is 20.5. The van der Waals surface area contributed by atoms with Crippen LogP contribution in [0.25, 0.3) is 11.1 Å². The second-order valence-corrected chi connectivity index (χ2v) is 6.98. The number of nitrogens with zero attached hydrogens (tertiary/aromatic N) is 1. The van der Waals surface area contributed by atoms with Gasteiger partial charge in [-0.1, -0.05) is 6.07 Å². The quantitative estimate of drug-likeness (QED) is 0.418. The van der Waals surface area contributed by atoms with Crippen molar-refractivity contribution in [1.82, 2.24) is 0 Å². The third-order valence-electron chi connectivity index (χ3n) is 5.23. The zero-order valence-electron chi connectivity index (χ0n) is 16.5. The molecule has 0 aromatic heterocycles. The van der Waals surface area contributed by atoms with Gasteiger partial charge in [0.2, 0.25) is 0 Å². The fourth-order valence-electron chi connectivity index (χ4n) is 3.75. The Morgan fingerprint density at radius 2 is 1.68 bits per heavy atom. The van der Waals surface area contributed by atoms with Crippen molar-refractivity contribution in [2.45, 2.75) is 12.2 Å². The Labute approximate surface area is 175 Å². The van der Waals surface area contributed by atoms with Crippen molar-refractivity contribution < 1.29 is 27.6 Å². The van der Waals surface area contributed by atoms with Gasteiger partial charge in [-0.2, -0.15) is 13.2 Å². The summed E-state index contributed by atoms with van der Waals surface area (Å²) in [4.78, 5) is 10.5. The van der Waals surface area contributed by atoms with Crippen LogP contribution in [0.1, 0.15) is 22.7 Å². The standard InChI is InChI=1S/C22H17F3N2O4/c1-30-15-10-17-16-8-5-13(22(23,24)25)9-18(16)26-21(20(17)19(11-15)31-2)12-3-6-14(7-4-12)27(28)29/h3-11,21,26H,1-2H3/t21-/m0/s1. The summed E-state index contributed by atoms with van der Waals surface area (Å²) in [5, 5.41) is 14.2. The summed E-state index contributed by atoms with van der Waals surface area (Å²) in [6.07, 6.45) is -4.49. The third-order valence-corrected chi connectivity index (χ3v) is 5.23. The molecule has 9 heteroatoms. The molecule has 3 aromatic rings. The number of anilines is 1. The summed E-state index contributed by atoms with van der Waals surface area (Å²) in [6, 6.07) is 12.2. The number of hydrogen-bond acceptors (Lipinski definition) is 5. The molecule has 0 radical (unpaired) electrons. The van der Waals surface area contributed by atoms with Crippen molar-refractivity contribution in [3.05, 3.63) is 81.4 Å². The summed E-state index contributed by atoms with van der Waals surface area (Å²) >= 11 is 0. The van der Waals surface area contributed by atoms with Crippen LogP contribution in [0.4, 0.5) is 24.5 Å². The number of nitrogens with one attached hydrogen (secondary N) is 1. The highest BCUT2D eigenvalue weighted by Gasteiger charge is 2.34. The molecule has 31 heavy (non-hydrogen) atoms. The van der Waals surface area contributed by atoms with E-state index >= 15 is 0 Å². The average molecular weight is 430 g/mol. The van der Waals surface area contributed by atoms with E-state index in [1.165, 1.54) is 32.4 Å². The lowest BCUT2D eigenvalue weighted by atomic mass is 9.85. The highest BCUT2D eigenvalue weighted by atomic mass is 19.4. The number of halogens is 3. The molecule has 0 bridgehead atoms. The van der Waals surface area contributed by atoms with Crippen molar-refractivity contribution in [1.29, 1.82) is 0 Å². The van der Waals surface area contributed by atoms with Gasteiger partial charge in [0.05, 0.1) is 30.7 Å². The number of fused-ring (bicyclic) bond motifs is 3. The van der Waals surface area contributed by atoms with Gasteiger partial charge in [0.15, 0.2) is 0 Å². The summed E-state index contributed by atoms with van der Waals surface area (Å²) in [5.41, 5.74) is 1.99. The van der Waals surface area contributed by atoms with Gasteiger partial charge >= 0.3 is 6.18 Å². The first-order valence-electron chi connectivity index (χ1n) is 9.21. The van der Waals surface area contributed by atoms with Gasteiger partial charge in [-0.25, -0.2) is 0 Å². The van der Waals surface area contributed by atoms with E-state index in [2.05, 4.69) is 5.32 Å². The fourth-order valence-corrected chi connectivity index (χ4v) is 3.75. The molecular formula is C22H17F3N2O4. The first-order valence-corrected chi connectivity index (χ1v) is 9.21. The number of hydrogen-bond donors (Lipinski definition) is 1. The highest BCUT2D eigenvalue weighted by Crippen LogP contribution is 2.49. The van der Waals surface area contributed by atoms with Gasteiger partial charge < -0.3 is 14.8 Å². The van der Waals surface area contributed by atoms with Crippen LogP contribution in [0.2, 0.25) is 0 Å². The molecular weight excluding hydrogens is 413 g/mol. The lowest BCUT2D eigenvalue weighted by molar-refractivity contribution is -0.384. The summed E-state index contributed by atoms with van der Waals surface area (Å²) in [7, 11) is 2.98. The van der Waals surface area contributed by atoms with Crippen molar-refractivity contribution in [2.24, 2.45) is 0 Å². The average Bonchev–Trinajstić information content (AvgIpc) is 2.76. The Morgan fingerprint density at radius 3 is 2.26 bits per heavy atom. The Morgan fingerprint density at radius 1 is 0.968 bits per heavy atom. The number of rotatable bonds is 4. The third kappa shape index (κ3) is 3.63. The molecule has 0 amide bonds. The van der Waals surface area contributed by atoms with Gasteiger partial charge in [-0.15, -0.1) is 0 Å². The van der Waals surface area contributed by atoms with Gasteiger partial charge in [0.25, 0.3) is 5.69 Å². The van der Waals surface area contributed by atoms with E-state index in [4.69, 9.17) is 9.47 Å². The van der Waals surface area contributed by atoms with Crippen LogP contribution < -0.4 is 14.8 Å². The van der Waals surface area contributed by atoms with Gasteiger partial charge in [0.1, 0.15) is 11.5 Å². The molecule has 1 N–H and O–H groups in total. The number of nitro benzene ring substituents is 1. The second-order valence-electron chi connectivity index (χ2n) is 6.98. The number of nitro groups is 1. The van der Waals surface area contributed by atoms with Crippen LogP contribution in [0.15, 0.2) is 54.6 Å². The highest BCUT2D eigenvalue weighted by molar-refractivity contribution is 5.87. The molecule has 1 aliphatic heterocycles. The van der Waals surface area contributed by atoms with Crippen LogP contribution in [-0.2, 0) is 6.18 Å². The molecule has 6 nitrogen and oxygen atoms in total. The van der Waals surface area contributed by atoms with Crippen LogP contribution in [0.3, 0.4) is 0 Å². The lowest BCUT2D eigenvalue weighted by Gasteiger charge is -2.32. The zero-order chi connectivity index (χ0) is 22.3. The van der Waals surface area contributed by atoms with E-state index in [0.29, 0.717) is 39.4 Å². The van der Waals surface area contributed by atoms with Crippen LogP contribution in [-0.4, -0.2) is 19.1 Å². The minimum Gasteiger partial charge on any atom is -0.497 e. The Hall–Kier alpha value is -3.75. The van der Waals surface area contributed by atoms with Gasteiger partial charge in [-0.05, 0) is 41.5 Å². The summed E-state index contributed by atoms with van der Waals surface area (Å²) in [6.45, 7) is 0.